The molecule has 2 atom stereocenters. The van der Waals surface area contributed by atoms with Crippen molar-refractivity contribution in [1.82, 2.24) is 0 Å². The van der Waals surface area contributed by atoms with Gasteiger partial charge in [0, 0.05) is 12.1 Å². The number of benzene rings is 2. The number of carbonyl (C=O) groups is 1. The molecule has 2 aliphatic heterocycles. The molecule has 2 bridgehead atoms. The van der Waals surface area contributed by atoms with Crippen molar-refractivity contribution in [3.05, 3.63) is 59.7 Å². The molecular formula is C25H26F2O4. The molecule has 4 aliphatic rings. The van der Waals surface area contributed by atoms with E-state index < -0.39 is 23.2 Å². The van der Waals surface area contributed by atoms with Gasteiger partial charge >= 0.3 is 5.97 Å². The number of carboxylic acids is 1. The molecule has 1 N–H and O–H groups in total. The summed E-state index contributed by atoms with van der Waals surface area (Å²) < 4.78 is 39.9. The van der Waals surface area contributed by atoms with Crippen molar-refractivity contribution in [1.29, 1.82) is 0 Å². The van der Waals surface area contributed by atoms with Crippen molar-refractivity contribution in [2.24, 2.45) is 17.3 Å². The van der Waals surface area contributed by atoms with Gasteiger partial charge in [0.1, 0.15) is 23.1 Å². The summed E-state index contributed by atoms with van der Waals surface area (Å²) in [6.07, 6.45) is 6.34. The summed E-state index contributed by atoms with van der Waals surface area (Å²) in [5, 5.41) is 9.12. The second kappa shape index (κ2) is 7.59. The zero-order valence-corrected chi connectivity index (χ0v) is 17.3. The van der Waals surface area contributed by atoms with Crippen molar-refractivity contribution >= 4 is 5.97 Å². The van der Waals surface area contributed by atoms with Gasteiger partial charge in [-0.05, 0) is 86.1 Å². The van der Waals surface area contributed by atoms with Gasteiger partial charge in [-0.2, -0.15) is 0 Å². The first-order valence-corrected chi connectivity index (χ1v) is 11.0. The molecule has 2 aromatic carbocycles. The molecule has 4 fully saturated rings. The molecule has 6 heteroatoms. The molecule has 0 unspecified atom stereocenters. The Morgan fingerprint density at radius 3 is 2.48 bits per heavy atom. The van der Waals surface area contributed by atoms with Gasteiger partial charge in [0.15, 0.2) is 0 Å². The van der Waals surface area contributed by atoms with Crippen LogP contribution in [0.5, 0.6) is 11.5 Å². The average Bonchev–Trinajstić information content (AvgIpc) is 3.54. The molecule has 2 saturated carbocycles. The normalized spacial score (nSPS) is 31.4. The van der Waals surface area contributed by atoms with E-state index in [1.54, 1.807) is 18.2 Å². The molecule has 2 heterocycles. The van der Waals surface area contributed by atoms with E-state index in [2.05, 4.69) is 0 Å². The molecule has 164 valence electrons. The summed E-state index contributed by atoms with van der Waals surface area (Å²) in [5.74, 6) is -0.688. The van der Waals surface area contributed by atoms with Crippen LogP contribution in [0.25, 0.3) is 0 Å². The standard InChI is InChI=1S/C25H26F2O4/c26-18-2-1-3-20(13-18)31-21-12-17(11-19(27)14-21)25-8-6-24(7-9-25,15-30-25)5-4-16-10-22(16)23(28)29/h1-3,11-14,16,22H,4-10,15H2,(H,28,29)/t16-,22-,24?,25?/m1/s1. The fraction of sp³-hybridized carbons (Fsp3) is 0.480. The van der Waals surface area contributed by atoms with Crippen LogP contribution in [0.3, 0.4) is 0 Å². The number of ether oxygens (including phenoxy) is 2. The Morgan fingerprint density at radius 1 is 1.06 bits per heavy atom. The van der Waals surface area contributed by atoms with E-state index in [0.717, 1.165) is 50.5 Å². The van der Waals surface area contributed by atoms with E-state index in [4.69, 9.17) is 14.6 Å². The van der Waals surface area contributed by atoms with Crippen LogP contribution in [0, 0.1) is 28.9 Å². The van der Waals surface area contributed by atoms with Gasteiger partial charge in [-0.25, -0.2) is 8.78 Å². The second-order valence-electron chi connectivity index (χ2n) is 9.50. The Bertz CT molecular complexity index is 980. The van der Waals surface area contributed by atoms with E-state index in [0.29, 0.717) is 24.0 Å². The van der Waals surface area contributed by atoms with Crippen molar-refractivity contribution in [2.75, 3.05) is 6.61 Å². The molecule has 31 heavy (non-hydrogen) atoms. The minimum Gasteiger partial charge on any atom is -0.481 e. The Hall–Kier alpha value is -2.47. The Morgan fingerprint density at radius 2 is 1.84 bits per heavy atom. The largest absolute Gasteiger partial charge is 0.481 e. The van der Waals surface area contributed by atoms with Gasteiger partial charge in [-0.3, -0.25) is 4.79 Å². The summed E-state index contributed by atoms with van der Waals surface area (Å²) in [7, 11) is 0. The fourth-order valence-corrected chi connectivity index (χ4v) is 5.37. The molecule has 4 nitrogen and oxygen atoms in total. The molecule has 2 aliphatic carbocycles. The van der Waals surface area contributed by atoms with Crippen LogP contribution < -0.4 is 4.74 Å². The summed E-state index contributed by atoms with van der Waals surface area (Å²) in [6, 6.07) is 10.4. The van der Waals surface area contributed by atoms with Crippen LogP contribution >= 0.6 is 0 Å². The third-order valence-electron chi connectivity index (χ3n) is 7.49. The Labute approximate surface area is 180 Å². The molecule has 0 amide bonds. The number of aliphatic carboxylic acids is 1. The smallest absolute Gasteiger partial charge is 0.306 e. The second-order valence-corrected chi connectivity index (χ2v) is 9.50. The quantitative estimate of drug-likeness (QED) is 0.584. The van der Waals surface area contributed by atoms with E-state index in [1.165, 1.54) is 24.3 Å². The van der Waals surface area contributed by atoms with Gasteiger partial charge in [-0.15, -0.1) is 0 Å². The molecule has 2 aromatic rings. The number of halogens is 2. The van der Waals surface area contributed by atoms with Gasteiger partial charge in [0.05, 0.1) is 18.1 Å². The first-order valence-electron chi connectivity index (χ1n) is 11.0. The maximum Gasteiger partial charge on any atom is 0.306 e. The lowest BCUT2D eigenvalue weighted by atomic mass is 9.62. The highest BCUT2D eigenvalue weighted by molar-refractivity contribution is 5.73. The Balaban J connectivity index is 1.27. The third-order valence-corrected chi connectivity index (χ3v) is 7.49. The van der Waals surface area contributed by atoms with Crippen molar-refractivity contribution < 1.29 is 28.2 Å². The van der Waals surface area contributed by atoms with Crippen LogP contribution in [0.2, 0.25) is 0 Å². The summed E-state index contributed by atoms with van der Waals surface area (Å²) in [6.45, 7) is 0.619. The number of hydrogen-bond donors (Lipinski definition) is 1. The van der Waals surface area contributed by atoms with E-state index in [9.17, 15) is 13.6 Å². The average molecular weight is 428 g/mol. The highest BCUT2D eigenvalue weighted by atomic mass is 19.1. The summed E-state index contributed by atoms with van der Waals surface area (Å²) in [4.78, 5) is 11.1. The van der Waals surface area contributed by atoms with Gasteiger partial charge in [-0.1, -0.05) is 6.07 Å². The van der Waals surface area contributed by atoms with E-state index in [1.807, 2.05) is 0 Å². The lowest BCUT2D eigenvalue weighted by Crippen LogP contribution is -2.49. The fourth-order valence-electron chi connectivity index (χ4n) is 5.37. The molecule has 6 rings (SSSR count). The highest BCUT2D eigenvalue weighted by Crippen LogP contribution is 2.57. The van der Waals surface area contributed by atoms with Crippen molar-refractivity contribution in [3.8, 4) is 11.5 Å². The molecular weight excluding hydrogens is 402 g/mol. The molecule has 2 saturated heterocycles. The maximum atomic E-state index is 14.4. The third kappa shape index (κ3) is 4.05. The summed E-state index contributed by atoms with van der Waals surface area (Å²) >= 11 is 0. The van der Waals surface area contributed by atoms with Crippen LogP contribution in [0.15, 0.2) is 42.5 Å². The monoisotopic (exact) mass is 428 g/mol. The minimum absolute atomic E-state index is 0.113. The number of hydrogen-bond acceptors (Lipinski definition) is 3. The van der Waals surface area contributed by atoms with Gasteiger partial charge < -0.3 is 14.6 Å². The number of carboxylic acid groups (broad SMARTS) is 1. The topological polar surface area (TPSA) is 55.8 Å². The highest BCUT2D eigenvalue weighted by Gasteiger charge is 2.52. The van der Waals surface area contributed by atoms with Crippen LogP contribution in [0.1, 0.15) is 50.5 Å². The van der Waals surface area contributed by atoms with Gasteiger partial charge in [0.25, 0.3) is 0 Å². The zero-order chi connectivity index (χ0) is 21.6. The van der Waals surface area contributed by atoms with Crippen LogP contribution in [0.4, 0.5) is 8.78 Å². The lowest BCUT2D eigenvalue weighted by Gasteiger charge is -2.53. The van der Waals surface area contributed by atoms with Crippen molar-refractivity contribution in [3.63, 3.8) is 0 Å². The van der Waals surface area contributed by atoms with E-state index in [-0.39, 0.29) is 11.3 Å². The predicted octanol–water partition coefficient (Wildman–Crippen LogP) is 6.04. The SMILES string of the molecule is O=C(O)[C@@H]1C[C@H]1CCC12CCC(c3cc(F)cc(Oc4cccc(F)c4)c3)(CC1)OC2. The van der Waals surface area contributed by atoms with Crippen molar-refractivity contribution in [2.45, 2.75) is 50.5 Å². The lowest BCUT2D eigenvalue weighted by molar-refractivity contribution is -0.192. The van der Waals surface area contributed by atoms with Crippen LogP contribution in [-0.2, 0) is 15.1 Å². The first-order chi connectivity index (χ1) is 14.9. The molecule has 0 radical (unpaired) electrons. The van der Waals surface area contributed by atoms with E-state index >= 15 is 0 Å². The number of fused-ring (bicyclic) bond motifs is 3. The zero-order valence-electron chi connectivity index (χ0n) is 17.3. The maximum absolute atomic E-state index is 14.4. The minimum atomic E-state index is -0.674. The van der Waals surface area contributed by atoms with Crippen LogP contribution in [-0.4, -0.2) is 17.7 Å². The molecule has 0 aromatic heterocycles. The molecule has 0 spiro atoms. The number of rotatable bonds is 7. The van der Waals surface area contributed by atoms with Gasteiger partial charge in [0.2, 0.25) is 0 Å². The predicted molar refractivity (Wildman–Crippen MR) is 110 cm³/mol. The first kappa shape index (κ1) is 20.4. The summed E-state index contributed by atoms with van der Waals surface area (Å²) in [5.41, 5.74) is 0.356. The Kier molecular flexibility index (Phi) is 5.00.